The normalized spacial score (nSPS) is 11.1. The van der Waals surface area contributed by atoms with Gasteiger partial charge in [-0.2, -0.15) is 5.26 Å². The minimum atomic E-state index is 0.177. The summed E-state index contributed by atoms with van der Waals surface area (Å²) >= 11 is 0. The zero-order valence-electron chi connectivity index (χ0n) is 12.2. The highest BCUT2D eigenvalue weighted by Gasteiger charge is 2.15. The number of nitrogens with zero attached hydrogens (tertiary/aromatic N) is 2. The van der Waals surface area contributed by atoms with Gasteiger partial charge < -0.3 is 4.90 Å². The highest BCUT2D eigenvalue weighted by atomic mass is 15.1. The van der Waals surface area contributed by atoms with Crippen LogP contribution in [-0.4, -0.2) is 13.6 Å². The van der Waals surface area contributed by atoms with E-state index in [0.717, 1.165) is 13.0 Å². The van der Waals surface area contributed by atoms with Gasteiger partial charge in [-0.15, -0.1) is 0 Å². The van der Waals surface area contributed by atoms with Crippen molar-refractivity contribution in [2.45, 2.75) is 46.0 Å². The van der Waals surface area contributed by atoms with Crippen molar-refractivity contribution in [3.63, 3.8) is 0 Å². The molecule has 0 atom stereocenters. The Bertz CT molecular complexity index is 435. The van der Waals surface area contributed by atoms with E-state index in [1.54, 1.807) is 0 Å². The first-order valence-corrected chi connectivity index (χ1v) is 6.55. The summed E-state index contributed by atoms with van der Waals surface area (Å²) in [6.07, 6.45) is 1.55. The van der Waals surface area contributed by atoms with Crippen LogP contribution in [0.2, 0.25) is 0 Å². The highest BCUT2D eigenvalue weighted by molar-refractivity contribution is 5.55. The maximum absolute atomic E-state index is 8.59. The van der Waals surface area contributed by atoms with Crippen LogP contribution in [0.5, 0.6) is 0 Å². The Morgan fingerprint density at radius 2 is 1.94 bits per heavy atom. The summed E-state index contributed by atoms with van der Waals surface area (Å²) in [6, 6.07) is 8.88. The third kappa shape index (κ3) is 3.77. The summed E-state index contributed by atoms with van der Waals surface area (Å²) in [5.41, 5.74) is 4.11. The molecule has 2 heteroatoms. The molecule has 0 aliphatic carbocycles. The Balaban J connectivity index is 2.91. The van der Waals surface area contributed by atoms with E-state index < -0.39 is 0 Å². The molecule has 0 aliphatic rings. The van der Waals surface area contributed by atoms with Crippen LogP contribution in [0.15, 0.2) is 18.2 Å². The zero-order valence-corrected chi connectivity index (χ0v) is 12.2. The van der Waals surface area contributed by atoms with E-state index in [2.05, 4.69) is 63.9 Å². The number of nitriles is 1. The molecular weight excluding hydrogens is 220 g/mol. The van der Waals surface area contributed by atoms with Crippen LogP contribution in [0, 0.1) is 18.3 Å². The maximum Gasteiger partial charge on any atom is 0.0622 e. The van der Waals surface area contributed by atoms with Crippen LogP contribution in [0.1, 0.15) is 44.7 Å². The minimum absolute atomic E-state index is 0.177. The summed E-state index contributed by atoms with van der Waals surface area (Å²) in [7, 11) is 2.10. The SMILES string of the molecule is Cc1ccc(C(C)(C)C)cc1N(C)CCCC#N. The first-order valence-electron chi connectivity index (χ1n) is 6.55. The van der Waals surface area contributed by atoms with Gasteiger partial charge in [0.1, 0.15) is 0 Å². The standard InChI is InChI=1S/C16H24N2/c1-13-8-9-14(16(2,3)4)12-15(13)18(5)11-7-6-10-17/h8-9,12H,6-7,11H2,1-5H3. The molecular formula is C16H24N2. The van der Waals surface area contributed by atoms with Gasteiger partial charge >= 0.3 is 0 Å². The van der Waals surface area contributed by atoms with E-state index in [9.17, 15) is 0 Å². The second-order valence-corrected chi connectivity index (χ2v) is 5.93. The van der Waals surface area contributed by atoms with E-state index >= 15 is 0 Å². The molecule has 2 nitrogen and oxygen atoms in total. The Hall–Kier alpha value is -1.49. The molecule has 1 aromatic carbocycles. The molecule has 1 rings (SSSR count). The largest absolute Gasteiger partial charge is 0.374 e. The van der Waals surface area contributed by atoms with Crippen molar-refractivity contribution in [3.05, 3.63) is 29.3 Å². The topological polar surface area (TPSA) is 27.0 Å². The Morgan fingerprint density at radius 1 is 1.28 bits per heavy atom. The molecule has 0 aromatic heterocycles. The van der Waals surface area contributed by atoms with Crippen molar-refractivity contribution in [1.29, 1.82) is 5.26 Å². The molecule has 0 amide bonds. The third-order valence-electron chi connectivity index (χ3n) is 3.27. The number of hydrogen-bond donors (Lipinski definition) is 0. The fraction of sp³-hybridized carbons (Fsp3) is 0.562. The molecule has 18 heavy (non-hydrogen) atoms. The van der Waals surface area contributed by atoms with E-state index in [-0.39, 0.29) is 5.41 Å². The Labute approximate surface area is 111 Å². The molecule has 0 spiro atoms. The number of aryl methyl sites for hydroxylation is 1. The summed E-state index contributed by atoms with van der Waals surface area (Å²) in [4.78, 5) is 2.25. The number of benzene rings is 1. The van der Waals surface area contributed by atoms with Gasteiger partial charge in [0.25, 0.3) is 0 Å². The van der Waals surface area contributed by atoms with Crippen molar-refractivity contribution in [3.8, 4) is 6.07 Å². The van der Waals surface area contributed by atoms with Crippen LogP contribution in [0.25, 0.3) is 0 Å². The van der Waals surface area contributed by atoms with Crippen molar-refractivity contribution >= 4 is 5.69 Å². The molecule has 1 aromatic rings. The van der Waals surface area contributed by atoms with E-state index in [0.29, 0.717) is 6.42 Å². The second kappa shape index (κ2) is 5.91. The zero-order chi connectivity index (χ0) is 13.8. The van der Waals surface area contributed by atoms with Crippen LogP contribution >= 0.6 is 0 Å². The molecule has 0 heterocycles. The quantitative estimate of drug-likeness (QED) is 0.748. The smallest absolute Gasteiger partial charge is 0.0622 e. The van der Waals surface area contributed by atoms with Crippen LogP contribution in [0.4, 0.5) is 5.69 Å². The molecule has 0 N–H and O–H groups in total. The van der Waals surface area contributed by atoms with Crippen LogP contribution < -0.4 is 4.90 Å². The first kappa shape index (κ1) is 14.6. The maximum atomic E-state index is 8.59. The van der Waals surface area contributed by atoms with Gasteiger partial charge in [-0.3, -0.25) is 0 Å². The van der Waals surface area contributed by atoms with Crippen LogP contribution in [0.3, 0.4) is 0 Å². The van der Waals surface area contributed by atoms with Crippen LogP contribution in [-0.2, 0) is 5.41 Å². The number of anilines is 1. The van der Waals surface area contributed by atoms with Crippen molar-refractivity contribution < 1.29 is 0 Å². The molecule has 0 aliphatic heterocycles. The van der Waals surface area contributed by atoms with Gasteiger partial charge in [0.2, 0.25) is 0 Å². The predicted molar refractivity (Wildman–Crippen MR) is 78.0 cm³/mol. The first-order chi connectivity index (χ1) is 8.36. The number of rotatable bonds is 4. The lowest BCUT2D eigenvalue weighted by atomic mass is 9.86. The number of unbranched alkanes of at least 4 members (excludes halogenated alkanes) is 1. The van der Waals surface area contributed by atoms with Gasteiger partial charge in [0.15, 0.2) is 0 Å². The molecule has 0 radical (unpaired) electrons. The summed E-state index contributed by atoms with van der Waals surface area (Å²) in [6.45, 7) is 9.77. The lowest BCUT2D eigenvalue weighted by molar-refractivity contribution is 0.590. The lowest BCUT2D eigenvalue weighted by Gasteiger charge is -2.25. The average Bonchev–Trinajstić information content (AvgIpc) is 2.28. The van der Waals surface area contributed by atoms with Gasteiger partial charge in [0, 0.05) is 25.7 Å². The molecule has 0 unspecified atom stereocenters. The average molecular weight is 244 g/mol. The van der Waals surface area contributed by atoms with E-state index in [1.807, 2.05) is 0 Å². The van der Waals surface area contributed by atoms with E-state index in [4.69, 9.17) is 5.26 Å². The van der Waals surface area contributed by atoms with Gasteiger partial charge in [0.05, 0.1) is 6.07 Å². The summed E-state index contributed by atoms with van der Waals surface area (Å²) < 4.78 is 0. The fourth-order valence-electron chi connectivity index (χ4n) is 2.00. The minimum Gasteiger partial charge on any atom is -0.374 e. The van der Waals surface area contributed by atoms with Gasteiger partial charge in [-0.25, -0.2) is 0 Å². The van der Waals surface area contributed by atoms with Gasteiger partial charge in [-0.1, -0.05) is 32.9 Å². The van der Waals surface area contributed by atoms with Gasteiger partial charge in [-0.05, 0) is 36.0 Å². The highest BCUT2D eigenvalue weighted by Crippen LogP contribution is 2.28. The van der Waals surface area contributed by atoms with Crippen molar-refractivity contribution in [2.75, 3.05) is 18.5 Å². The van der Waals surface area contributed by atoms with Crippen molar-refractivity contribution in [2.24, 2.45) is 0 Å². The summed E-state index contributed by atoms with van der Waals surface area (Å²) in [5.74, 6) is 0. The van der Waals surface area contributed by atoms with Crippen molar-refractivity contribution in [1.82, 2.24) is 0 Å². The summed E-state index contributed by atoms with van der Waals surface area (Å²) in [5, 5.41) is 8.59. The molecule has 0 saturated heterocycles. The third-order valence-corrected chi connectivity index (χ3v) is 3.27. The monoisotopic (exact) mass is 244 g/mol. The second-order valence-electron chi connectivity index (χ2n) is 5.93. The fourth-order valence-corrected chi connectivity index (χ4v) is 2.00. The molecule has 98 valence electrons. The Morgan fingerprint density at radius 3 is 2.50 bits per heavy atom. The Kier molecular flexibility index (Phi) is 4.78. The molecule has 0 fully saturated rings. The number of hydrogen-bond acceptors (Lipinski definition) is 2. The molecule has 0 saturated carbocycles. The van der Waals surface area contributed by atoms with E-state index in [1.165, 1.54) is 16.8 Å². The predicted octanol–water partition coefficient (Wildman–Crippen LogP) is 4.03. The lowest BCUT2D eigenvalue weighted by Crippen LogP contribution is -2.20. The molecule has 0 bridgehead atoms.